The van der Waals surface area contributed by atoms with E-state index in [0.717, 1.165) is 11.1 Å². The average Bonchev–Trinajstić information content (AvgIpc) is 3.23. The molecule has 4 aromatic rings. The topological polar surface area (TPSA) is 76.0 Å². The summed E-state index contributed by atoms with van der Waals surface area (Å²) in [6.07, 6.45) is 1.66. The Morgan fingerprint density at radius 2 is 1.39 bits per heavy atom. The van der Waals surface area contributed by atoms with Gasteiger partial charge in [-0.15, -0.1) is 0 Å². The molecule has 0 bridgehead atoms. The Kier molecular flexibility index (Phi) is 5.89. The van der Waals surface area contributed by atoms with Crippen LogP contribution in [0.25, 0.3) is 11.1 Å². The lowest BCUT2D eigenvalue weighted by molar-refractivity contribution is 0.102. The van der Waals surface area contributed by atoms with Gasteiger partial charge in [0.25, 0.3) is 11.8 Å². The number of amides is 2. The number of anilines is 2. The Bertz CT molecular complexity index is 1180. The minimum absolute atomic E-state index is 0.167. The van der Waals surface area contributed by atoms with Crippen molar-refractivity contribution in [1.29, 1.82) is 0 Å². The van der Waals surface area contributed by atoms with Crippen LogP contribution >= 0.6 is 0 Å². The van der Waals surface area contributed by atoms with Crippen LogP contribution < -0.4 is 10.6 Å². The zero-order chi connectivity index (χ0) is 21.6. The molecule has 2 N–H and O–H groups in total. The molecule has 0 saturated carbocycles. The Morgan fingerprint density at radius 1 is 0.774 bits per heavy atom. The highest BCUT2D eigenvalue weighted by atomic mass is 16.2. The summed E-state index contributed by atoms with van der Waals surface area (Å²) >= 11 is 0. The van der Waals surface area contributed by atoms with Crippen molar-refractivity contribution in [2.24, 2.45) is 0 Å². The summed E-state index contributed by atoms with van der Waals surface area (Å²) in [6.45, 7) is 2.49. The molecule has 31 heavy (non-hydrogen) atoms. The van der Waals surface area contributed by atoms with E-state index in [1.807, 2.05) is 67.6 Å². The van der Waals surface area contributed by atoms with Gasteiger partial charge in [-0.05, 0) is 42.3 Å². The molecule has 2 amide bonds. The molecule has 0 spiro atoms. The van der Waals surface area contributed by atoms with Crippen molar-refractivity contribution in [1.82, 2.24) is 9.78 Å². The van der Waals surface area contributed by atoms with Gasteiger partial charge in [-0.25, -0.2) is 0 Å². The zero-order valence-corrected chi connectivity index (χ0v) is 17.1. The second-order valence-electron chi connectivity index (χ2n) is 6.96. The maximum atomic E-state index is 12.8. The summed E-state index contributed by atoms with van der Waals surface area (Å²) in [7, 11) is 0. The van der Waals surface area contributed by atoms with Crippen molar-refractivity contribution in [2.45, 2.75) is 13.5 Å². The maximum Gasteiger partial charge on any atom is 0.278 e. The van der Waals surface area contributed by atoms with Crippen LogP contribution in [-0.4, -0.2) is 21.6 Å². The molecule has 0 aliphatic carbocycles. The summed E-state index contributed by atoms with van der Waals surface area (Å²) in [6, 6.07) is 26.4. The van der Waals surface area contributed by atoms with Gasteiger partial charge < -0.3 is 10.6 Å². The van der Waals surface area contributed by atoms with Crippen molar-refractivity contribution < 1.29 is 9.59 Å². The Morgan fingerprint density at radius 3 is 2.03 bits per heavy atom. The first-order valence-corrected chi connectivity index (χ1v) is 10.0. The SMILES string of the molecule is CCn1cc(NC(=O)c2ccc(-c3ccccc3)cc2)c(C(=O)Nc2ccccc2)n1. The van der Waals surface area contributed by atoms with Gasteiger partial charge in [0.15, 0.2) is 5.69 Å². The summed E-state index contributed by atoms with van der Waals surface area (Å²) in [4.78, 5) is 25.6. The molecule has 6 nitrogen and oxygen atoms in total. The quantitative estimate of drug-likeness (QED) is 0.466. The number of nitrogens with zero attached hydrogens (tertiary/aromatic N) is 2. The van der Waals surface area contributed by atoms with Crippen LogP contribution in [-0.2, 0) is 6.54 Å². The molecule has 1 aromatic heterocycles. The van der Waals surface area contributed by atoms with Crippen LogP contribution in [0.4, 0.5) is 11.4 Å². The third-order valence-electron chi connectivity index (χ3n) is 4.83. The molecule has 1 heterocycles. The van der Waals surface area contributed by atoms with E-state index in [4.69, 9.17) is 0 Å². The van der Waals surface area contributed by atoms with Gasteiger partial charge >= 0.3 is 0 Å². The van der Waals surface area contributed by atoms with Crippen molar-refractivity contribution in [3.63, 3.8) is 0 Å². The second kappa shape index (κ2) is 9.09. The fourth-order valence-corrected chi connectivity index (χ4v) is 3.19. The van der Waals surface area contributed by atoms with E-state index in [-0.39, 0.29) is 17.5 Å². The Hall–Kier alpha value is -4.19. The van der Waals surface area contributed by atoms with E-state index in [9.17, 15) is 9.59 Å². The summed E-state index contributed by atoms with van der Waals surface area (Å²) in [5, 5.41) is 9.95. The number of aryl methyl sites for hydroxylation is 1. The number of para-hydroxylation sites is 1. The van der Waals surface area contributed by atoms with E-state index in [1.165, 1.54) is 0 Å². The van der Waals surface area contributed by atoms with Gasteiger partial charge in [0, 0.05) is 24.0 Å². The fraction of sp³-hybridized carbons (Fsp3) is 0.0800. The number of nitrogens with one attached hydrogen (secondary N) is 2. The maximum absolute atomic E-state index is 12.8. The molecule has 0 aliphatic heterocycles. The largest absolute Gasteiger partial charge is 0.321 e. The van der Waals surface area contributed by atoms with Gasteiger partial charge in [0.1, 0.15) is 0 Å². The molecule has 0 fully saturated rings. The highest BCUT2D eigenvalue weighted by Crippen LogP contribution is 2.21. The number of rotatable bonds is 6. The first kappa shape index (κ1) is 20.1. The fourth-order valence-electron chi connectivity index (χ4n) is 3.19. The third-order valence-corrected chi connectivity index (χ3v) is 4.83. The monoisotopic (exact) mass is 410 g/mol. The Balaban J connectivity index is 1.52. The van der Waals surface area contributed by atoms with Crippen LogP contribution in [0, 0.1) is 0 Å². The van der Waals surface area contributed by atoms with Crippen molar-refractivity contribution in [3.05, 3.63) is 102 Å². The molecule has 6 heteroatoms. The van der Waals surface area contributed by atoms with Crippen LogP contribution in [0.15, 0.2) is 91.1 Å². The van der Waals surface area contributed by atoms with E-state index < -0.39 is 0 Å². The number of hydrogen-bond acceptors (Lipinski definition) is 3. The number of hydrogen-bond donors (Lipinski definition) is 2. The summed E-state index contributed by atoms with van der Waals surface area (Å²) < 4.78 is 1.62. The number of carbonyl (C=O) groups is 2. The minimum Gasteiger partial charge on any atom is -0.321 e. The second-order valence-corrected chi connectivity index (χ2v) is 6.96. The first-order valence-electron chi connectivity index (χ1n) is 10.0. The van der Waals surface area contributed by atoms with Gasteiger partial charge in [-0.3, -0.25) is 14.3 Å². The van der Waals surface area contributed by atoms with Gasteiger partial charge in [-0.2, -0.15) is 5.10 Å². The van der Waals surface area contributed by atoms with Crippen LogP contribution in [0.1, 0.15) is 27.8 Å². The highest BCUT2D eigenvalue weighted by molar-refractivity contribution is 6.11. The third kappa shape index (κ3) is 4.70. The number of aromatic nitrogens is 2. The van der Waals surface area contributed by atoms with Crippen LogP contribution in [0.2, 0.25) is 0 Å². The molecule has 0 aliphatic rings. The van der Waals surface area contributed by atoms with Gasteiger partial charge in [0.05, 0.1) is 5.69 Å². The lowest BCUT2D eigenvalue weighted by atomic mass is 10.0. The molecule has 0 atom stereocenters. The molecule has 0 radical (unpaired) electrons. The van der Waals surface area contributed by atoms with Crippen LogP contribution in [0.3, 0.4) is 0 Å². The molecular formula is C25H22N4O2. The van der Waals surface area contributed by atoms with E-state index >= 15 is 0 Å². The molecule has 154 valence electrons. The minimum atomic E-state index is -0.381. The lowest BCUT2D eigenvalue weighted by Crippen LogP contribution is -2.18. The van der Waals surface area contributed by atoms with Crippen molar-refractivity contribution in [2.75, 3.05) is 10.6 Å². The lowest BCUT2D eigenvalue weighted by Gasteiger charge is -2.07. The molecule has 0 unspecified atom stereocenters. The molecule has 3 aromatic carbocycles. The predicted octanol–water partition coefficient (Wildman–Crippen LogP) is 5.07. The van der Waals surface area contributed by atoms with Crippen molar-refractivity contribution in [3.8, 4) is 11.1 Å². The summed E-state index contributed by atoms with van der Waals surface area (Å²) in [5.74, 6) is -0.683. The highest BCUT2D eigenvalue weighted by Gasteiger charge is 2.19. The number of carbonyl (C=O) groups excluding carboxylic acids is 2. The van der Waals surface area contributed by atoms with E-state index in [2.05, 4.69) is 15.7 Å². The predicted molar refractivity (Wildman–Crippen MR) is 122 cm³/mol. The smallest absolute Gasteiger partial charge is 0.278 e. The average molecular weight is 410 g/mol. The van der Waals surface area contributed by atoms with Crippen molar-refractivity contribution >= 4 is 23.2 Å². The first-order chi connectivity index (χ1) is 15.1. The normalized spacial score (nSPS) is 10.5. The van der Waals surface area contributed by atoms with Gasteiger partial charge in [-0.1, -0.05) is 60.7 Å². The molecule has 0 saturated heterocycles. The number of benzene rings is 3. The zero-order valence-electron chi connectivity index (χ0n) is 17.1. The van der Waals surface area contributed by atoms with Gasteiger partial charge in [0.2, 0.25) is 0 Å². The summed E-state index contributed by atoms with van der Waals surface area (Å²) in [5.41, 5.74) is 3.80. The Labute approximate surface area is 180 Å². The van der Waals surface area contributed by atoms with Crippen LogP contribution in [0.5, 0.6) is 0 Å². The molecule has 4 rings (SSSR count). The molecular weight excluding hydrogens is 388 g/mol. The van der Waals surface area contributed by atoms with E-state index in [1.54, 1.807) is 35.1 Å². The standard InChI is InChI=1S/C25H22N4O2/c1-2-29-17-22(23(28-29)25(31)26-21-11-7-4-8-12-21)27-24(30)20-15-13-19(14-16-20)18-9-5-3-6-10-18/h3-17H,2H2,1H3,(H,26,31)(H,27,30). The van der Waals surface area contributed by atoms with E-state index in [0.29, 0.717) is 23.5 Å².